The number of amides is 1. The lowest BCUT2D eigenvalue weighted by atomic mass is 9.96. The molecule has 1 saturated carbocycles. The number of allylic oxidation sites excluding steroid dienone is 1. The van der Waals surface area contributed by atoms with Gasteiger partial charge in [0.15, 0.2) is 0 Å². The van der Waals surface area contributed by atoms with Crippen molar-refractivity contribution in [2.75, 3.05) is 13.7 Å². The minimum absolute atomic E-state index is 0.0388. The number of hydrogen-bond acceptors (Lipinski definition) is 4. The lowest BCUT2D eigenvalue weighted by Crippen LogP contribution is -2.33. The Morgan fingerprint density at radius 1 is 1.15 bits per heavy atom. The van der Waals surface area contributed by atoms with Gasteiger partial charge in [0.05, 0.1) is 20.0 Å². The Morgan fingerprint density at radius 2 is 1.85 bits per heavy atom. The summed E-state index contributed by atoms with van der Waals surface area (Å²) in [6.07, 6.45) is 10.5. The van der Waals surface area contributed by atoms with E-state index >= 15 is 0 Å². The zero-order valence-corrected chi connectivity index (χ0v) is 20.7. The molecule has 5 heteroatoms. The number of nitrogens with one attached hydrogen (secondary N) is 1. The second-order valence-electron chi connectivity index (χ2n) is 9.09. The van der Waals surface area contributed by atoms with E-state index < -0.39 is 0 Å². The second-order valence-corrected chi connectivity index (χ2v) is 9.09. The molecule has 1 heterocycles. The summed E-state index contributed by atoms with van der Waals surface area (Å²) in [6.45, 7) is 6.57. The van der Waals surface area contributed by atoms with Crippen LogP contribution in [-0.4, -0.2) is 25.7 Å². The molecular weight excluding hydrogens is 426 g/mol. The Balaban J connectivity index is 1.68. The fourth-order valence-corrected chi connectivity index (χ4v) is 4.93. The summed E-state index contributed by atoms with van der Waals surface area (Å²) in [5.41, 5.74) is 5.53. The first kappa shape index (κ1) is 23.9. The van der Waals surface area contributed by atoms with Gasteiger partial charge in [0.2, 0.25) is 5.91 Å². The molecule has 1 N–H and O–H groups in total. The number of methoxy groups -OCH3 is 1. The largest absolute Gasteiger partial charge is 0.496 e. The van der Waals surface area contributed by atoms with Gasteiger partial charge in [-0.2, -0.15) is 0 Å². The van der Waals surface area contributed by atoms with Crippen molar-refractivity contribution in [1.29, 1.82) is 0 Å². The maximum Gasteiger partial charge on any atom is 0.244 e. The first-order valence-electron chi connectivity index (χ1n) is 12.3. The molecule has 1 aliphatic rings. The molecule has 0 unspecified atom stereocenters. The summed E-state index contributed by atoms with van der Waals surface area (Å²) in [4.78, 5) is 12.8. The van der Waals surface area contributed by atoms with Crippen molar-refractivity contribution in [1.82, 2.24) is 5.32 Å². The zero-order chi connectivity index (χ0) is 24.1. The predicted molar refractivity (Wildman–Crippen MR) is 137 cm³/mol. The fraction of sp³-hybridized carbons (Fsp3) is 0.414. The third-order valence-corrected chi connectivity index (χ3v) is 6.70. The number of carbonyl (C=O) groups is 1. The highest BCUT2D eigenvalue weighted by molar-refractivity contribution is 6.01. The minimum Gasteiger partial charge on any atom is -0.496 e. The van der Waals surface area contributed by atoms with Gasteiger partial charge in [-0.15, -0.1) is 0 Å². The van der Waals surface area contributed by atoms with Gasteiger partial charge in [0.1, 0.15) is 17.1 Å². The van der Waals surface area contributed by atoms with E-state index in [1.807, 2.05) is 45.0 Å². The number of benzene rings is 2. The molecule has 0 aliphatic heterocycles. The second kappa shape index (κ2) is 10.8. The molecule has 3 aromatic rings. The first-order valence-corrected chi connectivity index (χ1v) is 12.3. The number of ether oxygens (including phenoxy) is 2. The smallest absolute Gasteiger partial charge is 0.244 e. The molecule has 0 saturated heterocycles. The molecule has 1 fully saturated rings. The fourth-order valence-electron chi connectivity index (χ4n) is 4.93. The number of fused-ring (bicyclic) bond motifs is 1. The van der Waals surface area contributed by atoms with E-state index in [1.165, 1.54) is 25.7 Å². The van der Waals surface area contributed by atoms with Crippen LogP contribution in [0.15, 0.2) is 47.1 Å². The van der Waals surface area contributed by atoms with Gasteiger partial charge < -0.3 is 19.2 Å². The van der Waals surface area contributed by atoms with Crippen LogP contribution < -0.4 is 14.8 Å². The summed E-state index contributed by atoms with van der Waals surface area (Å²) in [5, 5.41) is 4.20. The number of carbonyl (C=O) groups excluding carboxylic acids is 1. The van der Waals surface area contributed by atoms with Crippen molar-refractivity contribution in [2.45, 2.75) is 65.3 Å². The number of aryl methyl sites for hydroxylation is 1. The Labute approximate surface area is 202 Å². The lowest BCUT2D eigenvalue weighted by Gasteiger charge is -2.16. The molecule has 0 bridgehead atoms. The molecule has 4 rings (SSSR count). The molecular formula is C29H35NO4. The van der Waals surface area contributed by atoms with Gasteiger partial charge in [0, 0.05) is 34.2 Å². The quantitative estimate of drug-likeness (QED) is 0.302. The summed E-state index contributed by atoms with van der Waals surface area (Å²) in [7, 11) is 1.66. The third kappa shape index (κ3) is 5.14. The van der Waals surface area contributed by atoms with E-state index in [0.29, 0.717) is 6.61 Å². The molecule has 0 atom stereocenters. The molecule has 5 nitrogen and oxygen atoms in total. The van der Waals surface area contributed by atoms with Crippen LogP contribution in [0.3, 0.4) is 0 Å². The lowest BCUT2D eigenvalue weighted by molar-refractivity contribution is -0.117. The number of hydrogen-bond donors (Lipinski definition) is 1. The maximum atomic E-state index is 12.8. The molecule has 180 valence electrons. The van der Waals surface area contributed by atoms with E-state index in [4.69, 9.17) is 13.9 Å². The van der Waals surface area contributed by atoms with Gasteiger partial charge in [-0.05, 0) is 62.9 Å². The normalized spacial score (nSPS) is 15.2. The van der Waals surface area contributed by atoms with E-state index in [2.05, 4.69) is 11.4 Å². The molecule has 1 aliphatic carbocycles. The molecule has 2 aromatic carbocycles. The average Bonchev–Trinajstić information content (AvgIpc) is 3.09. The Morgan fingerprint density at radius 3 is 2.50 bits per heavy atom. The van der Waals surface area contributed by atoms with E-state index in [-0.39, 0.29) is 11.9 Å². The monoisotopic (exact) mass is 461 g/mol. The Hall–Kier alpha value is -3.21. The predicted octanol–water partition coefficient (Wildman–Crippen LogP) is 7.06. The van der Waals surface area contributed by atoms with E-state index in [1.54, 1.807) is 19.4 Å². The highest BCUT2D eigenvalue weighted by Crippen LogP contribution is 2.40. The topological polar surface area (TPSA) is 60.7 Å². The van der Waals surface area contributed by atoms with E-state index in [9.17, 15) is 4.79 Å². The maximum absolute atomic E-state index is 12.8. The number of furan rings is 1. The van der Waals surface area contributed by atoms with Crippen LogP contribution in [0.4, 0.5) is 0 Å². The summed E-state index contributed by atoms with van der Waals surface area (Å²) < 4.78 is 17.3. The van der Waals surface area contributed by atoms with Crippen molar-refractivity contribution in [3.05, 3.63) is 53.8 Å². The Kier molecular flexibility index (Phi) is 7.61. The van der Waals surface area contributed by atoms with Gasteiger partial charge in [0.25, 0.3) is 0 Å². The van der Waals surface area contributed by atoms with Crippen LogP contribution in [0.2, 0.25) is 0 Å². The van der Waals surface area contributed by atoms with Crippen LogP contribution in [0.5, 0.6) is 11.5 Å². The van der Waals surface area contributed by atoms with Crippen LogP contribution in [0.1, 0.15) is 63.5 Å². The van der Waals surface area contributed by atoms with Crippen LogP contribution in [-0.2, 0) is 4.79 Å². The zero-order valence-electron chi connectivity index (χ0n) is 20.7. The van der Waals surface area contributed by atoms with Gasteiger partial charge in [-0.1, -0.05) is 37.8 Å². The molecule has 34 heavy (non-hydrogen) atoms. The standard InChI is InChI=1S/C29H35NO4/c1-5-33-23-14-12-21(13-15-23)26-18-34-29-20(3)28(32-4)24(17-25(26)29)19(2)16-27(31)30-22-10-8-6-7-9-11-22/h12-18,22H,5-11H2,1-4H3,(H,30,31)/b19-16+. The van der Waals surface area contributed by atoms with Crippen molar-refractivity contribution in [3.63, 3.8) is 0 Å². The van der Waals surface area contributed by atoms with Crippen molar-refractivity contribution < 1.29 is 18.7 Å². The third-order valence-electron chi connectivity index (χ3n) is 6.70. The van der Waals surface area contributed by atoms with Crippen LogP contribution >= 0.6 is 0 Å². The summed E-state index contributed by atoms with van der Waals surface area (Å²) in [5.74, 6) is 1.54. The summed E-state index contributed by atoms with van der Waals surface area (Å²) in [6, 6.07) is 10.4. The molecule has 1 aromatic heterocycles. The molecule has 1 amide bonds. The molecule has 0 radical (unpaired) electrons. The highest BCUT2D eigenvalue weighted by Gasteiger charge is 2.19. The molecule has 0 spiro atoms. The van der Waals surface area contributed by atoms with Gasteiger partial charge in [-0.3, -0.25) is 4.79 Å². The van der Waals surface area contributed by atoms with Crippen LogP contribution in [0, 0.1) is 6.92 Å². The average molecular weight is 462 g/mol. The van der Waals surface area contributed by atoms with Crippen molar-refractivity contribution >= 4 is 22.4 Å². The van der Waals surface area contributed by atoms with Crippen molar-refractivity contribution in [2.24, 2.45) is 0 Å². The SMILES string of the molecule is CCOc1ccc(-c2coc3c(C)c(OC)c(/C(C)=C/C(=O)NC4CCCCCC4)cc23)cc1. The van der Waals surface area contributed by atoms with Gasteiger partial charge in [-0.25, -0.2) is 0 Å². The van der Waals surface area contributed by atoms with Gasteiger partial charge >= 0.3 is 0 Å². The first-order chi connectivity index (χ1) is 16.5. The minimum atomic E-state index is -0.0388. The van der Waals surface area contributed by atoms with Crippen molar-refractivity contribution in [3.8, 4) is 22.6 Å². The van der Waals surface area contributed by atoms with E-state index in [0.717, 1.165) is 63.1 Å². The highest BCUT2D eigenvalue weighted by atomic mass is 16.5. The summed E-state index contributed by atoms with van der Waals surface area (Å²) >= 11 is 0. The number of rotatable bonds is 7. The Bertz CT molecular complexity index is 1170. The van der Waals surface area contributed by atoms with Crippen LogP contribution in [0.25, 0.3) is 27.7 Å².